The minimum Gasteiger partial charge on any atom is -0.389 e. The molecule has 106 valence electrons. The van der Waals surface area contributed by atoms with Crippen molar-refractivity contribution in [1.29, 1.82) is 0 Å². The lowest BCUT2D eigenvalue weighted by molar-refractivity contribution is 0.0434. The molecular weight excluding hydrogens is 236 g/mol. The summed E-state index contributed by atoms with van der Waals surface area (Å²) in [7, 11) is 0. The Balaban J connectivity index is 1.64. The first-order valence-corrected chi connectivity index (χ1v) is 7.91. The van der Waals surface area contributed by atoms with Gasteiger partial charge < -0.3 is 5.11 Å². The highest BCUT2D eigenvalue weighted by Crippen LogP contribution is 2.36. The highest BCUT2D eigenvalue weighted by Gasteiger charge is 2.36. The second kappa shape index (κ2) is 5.28. The van der Waals surface area contributed by atoms with Gasteiger partial charge in [-0.25, -0.2) is 0 Å². The van der Waals surface area contributed by atoms with E-state index in [-0.39, 0.29) is 0 Å². The smallest absolute Gasteiger partial charge is 0.0706 e. The van der Waals surface area contributed by atoms with Gasteiger partial charge in [-0.05, 0) is 44.1 Å². The minimum absolute atomic E-state index is 0.495. The van der Waals surface area contributed by atoms with Gasteiger partial charge in [0, 0.05) is 12.6 Å². The number of aromatic nitrogens is 2. The Bertz CT molecular complexity index is 422. The van der Waals surface area contributed by atoms with E-state index in [4.69, 9.17) is 5.10 Å². The van der Waals surface area contributed by atoms with Crippen molar-refractivity contribution in [3.63, 3.8) is 0 Å². The number of hydrogen-bond donors (Lipinski definition) is 1. The van der Waals surface area contributed by atoms with Crippen molar-refractivity contribution in [2.75, 3.05) is 0 Å². The van der Waals surface area contributed by atoms with Crippen LogP contribution in [0.5, 0.6) is 0 Å². The summed E-state index contributed by atoms with van der Waals surface area (Å²) in [6.45, 7) is 2.23. The highest BCUT2D eigenvalue weighted by atomic mass is 16.3. The van der Waals surface area contributed by atoms with Crippen molar-refractivity contribution in [3.05, 3.63) is 18.0 Å². The highest BCUT2D eigenvalue weighted by molar-refractivity contribution is 5.06. The molecular formula is C16H26N2O. The second-order valence-corrected chi connectivity index (χ2v) is 6.83. The monoisotopic (exact) mass is 262 g/mol. The van der Waals surface area contributed by atoms with Crippen molar-refractivity contribution >= 4 is 0 Å². The second-order valence-electron chi connectivity index (χ2n) is 6.83. The summed E-state index contributed by atoms with van der Waals surface area (Å²) in [5.41, 5.74) is 0.577. The molecule has 0 saturated heterocycles. The van der Waals surface area contributed by atoms with Crippen LogP contribution in [-0.4, -0.2) is 20.5 Å². The quantitative estimate of drug-likeness (QED) is 0.905. The van der Waals surface area contributed by atoms with E-state index in [1.54, 1.807) is 0 Å². The predicted molar refractivity (Wildman–Crippen MR) is 76.0 cm³/mol. The van der Waals surface area contributed by atoms with Crippen LogP contribution < -0.4 is 0 Å². The first kappa shape index (κ1) is 13.2. The Morgan fingerprint density at radius 1 is 1.32 bits per heavy atom. The van der Waals surface area contributed by atoms with Gasteiger partial charge in [-0.15, -0.1) is 0 Å². The van der Waals surface area contributed by atoms with Crippen LogP contribution in [0.25, 0.3) is 0 Å². The molecule has 1 heterocycles. The summed E-state index contributed by atoms with van der Waals surface area (Å²) in [4.78, 5) is 0. The van der Waals surface area contributed by atoms with Crippen LogP contribution in [0.2, 0.25) is 0 Å². The van der Waals surface area contributed by atoms with Crippen LogP contribution in [-0.2, 0) is 6.42 Å². The Morgan fingerprint density at radius 2 is 2.11 bits per heavy atom. The van der Waals surface area contributed by atoms with Crippen molar-refractivity contribution in [2.45, 2.75) is 76.4 Å². The van der Waals surface area contributed by atoms with Crippen molar-refractivity contribution in [3.8, 4) is 0 Å². The fraction of sp³-hybridized carbons (Fsp3) is 0.812. The van der Waals surface area contributed by atoms with Crippen molar-refractivity contribution < 1.29 is 5.11 Å². The van der Waals surface area contributed by atoms with E-state index in [0.717, 1.165) is 31.4 Å². The zero-order valence-electron chi connectivity index (χ0n) is 12.0. The summed E-state index contributed by atoms with van der Waals surface area (Å²) in [6, 6.07) is 2.70. The molecule has 0 bridgehead atoms. The molecule has 3 rings (SSSR count). The number of nitrogens with zero attached hydrogens (tertiary/aromatic N) is 2. The van der Waals surface area contributed by atoms with Crippen LogP contribution in [0.1, 0.15) is 70.0 Å². The molecule has 2 atom stereocenters. The molecule has 2 saturated carbocycles. The normalized spacial score (nSPS) is 32.8. The average Bonchev–Trinajstić information content (AvgIpc) is 2.98. The van der Waals surface area contributed by atoms with Gasteiger partial charge in [-0.1, -0.05) is 26.2 Å². The van der Waals surface area contributed by atoms with Gasteiger partial charge >= 0.3 is 0 Å². The number of rotatable bonds is 3. The summed E-state index contributed by atoms with van der Waals surface area (Å²) >= 11 is 0. The van der Waals surface area contributed by atoms with E-state index >= 15 is 0 Å². The summed E-state index contributed by atoms with van der Waals surface area (Å²) < 4.78 is 2.15. The zero-order valence-corrected chi connectivity index (χ0v) is 12.0. The fourth-order valence-electron chi connectivity index (χ4n) is 3.89. The molecule has 3 heteroatoms. The zero-order chi connectivity index (χ0) is 13.3. The van der Waals surface area contributed by atoms with E-state index in [1.165, 1.54) is 32.1 Å². The van der Waals surface area contributed by atoms with Crippen LogP contribution in [0.4, 0.5) is 0 Å². The Labute approximate surface area is 116 Å². The molecule has 1 N–H and O–H groups in total. The van der Waals surface area contributed by atoms with E-state index in [0.29, 0.717) is 12.0 Å². The van der Waals surface area contributed by atoms with Crippen molar-refractivity contribution in [1.82, 2.24) is 9.78 Å². The Kier molecular flexibility index (Phi) is 3.66. The van der Waals surface area contributed by atoms with Crippen LogP contribution >= 0.6 is 0 Å². The predicted octanol–water partition coefficient (Wildman–Crippen LogP) is 3.48. The number of aliphatic hydroxyl groups is 1. The van der Waals surface area contributed by atoms with Gasteiger partial charge in [-0.2, -0.15) is 5.10 Å². The summed E-state index contributed by atoms with van der Waals surface area (Å²) in [5, 5.41) is 15.3. The molecule has 2 aliphatic carbocycles. The molecule has 0 radical (unpaired) electrons. The maximum Gasteiger partial charge on any atom is 0.0706 e. The van der Waals surface area contributed by atoms with Crippen molar-refractivity contribution in [2.24, 2.45) is 5.92 Å². The average molecular weight is 262 g/mol. The molecule has 19 heavy (non-hydrogen) atoms. The summed E-state index contributed by atoms with van der Waals surface area (Å²) in [6.07, 6.45) is 12.5. The molecule has 0 amide bonds. The standard InChI is InChI=1S/C16H26N2O/c1-13-7-9-16(19,11-13)12-14-8-10-18(17-14)15-5-3-2-4-6-15/h8,10,13,15,19H,2-7,9,11-12H2,1H3. The molecule has 2 fully saturated rings. The topological polar surface area (TPSA) is 38.0 Å². The maximum atomic E-state index is 10.6. The largest absolute Gasteiger partial charge is 0.389 e. The Morgan fingerprint density at radius 3 is 2.79 bits per heavy atom. The lowest BCUT2D eigenvalue weighted by atomic mass is 9.95. The third-order valence-electron chi connectivity index (χ3n) is 4.95. The lowest BCUT2D eigenvalue weighted by Gasteiger charge is -2.23. The fourth-order valence-corrected chi connectivity index (χ4v) is 3.89. The van der Waals surface area contributed by atoms with Gasteiger partial charge in [-0.3, -0.25) is 4.68 Å². The van der Waals surface area contributed by atoms with Gasteiger partial charge in [0.15, 0.2) is 0 Å². The molecule has 3 nitrogen and oxygen atoms in total. The van der Waals surface area contributed by atoms with E-state index < -0.39 is 5.60 Å². The van der Waals surface area contributed by atoms with Gasteiger partial charge in [0.1, 0.15) is 0 Å². The van der Waals surface area contributed by atoms with Gasteiger partial charge in [0.2, 0.25) is 0 Å². The maximum absolute atomic E-state index is 10.6. The molecule has 2 aliphatic rings. The van der Waals surface area contributed by atoms with E-state index in [2.05, 4.69) is 23.9 Å². The number of hydrogen-bond acceptors (Lipinski definition) is 2. The molecule has 1 aromatic rings. The first-order chi connectivity index (χ1) is 9.15. The van der Waals surface area contributed by atoms with Crippen LogP contribution in [0.15, 0.2) is 12.3 Å². The molecule has 1 aromatic heterocycles. The molecule has 0 spiro atoms. The molecule has 0 aromatic carbocycles. The molecule has 2 unspecified atom stereocenters. The third kappa shape index (κ3) is 3.02. The third-order valence-corrected chi connectivity index (χ3v) is 4.95. The first-order valence-electron chi connectivity index (χ1n) is 7.91. The van der Waals surface area contributed by atoms with E-state index in [9.17, 15) is 5.11 Å². The molecule has 0 aliphatic heterocycles. The summed E-state index contributed by atoms with van der Waals surface area (Å²) in [5.74, 6) is 0.658. The van der Waals surface area contributed by atoms with Gasteiger partial charge in [0.25, 0.3) is 0 Å². The Hall–Kier alpha value is -0.830. The SMILES string of the molecule is CC1CCC(O)(Cc2ccn(C3CCCCC3)n2)C1. The van der Waals surface area contributed by atoms with E-state index in [1.807, 2.05) is 0 Å². The minimum atomic E-state index is -0.495. The van der Waals surface area contributed by atoms with Crippen LogP contribution in [0.3, 0.4) is 0 Å². The lowest BCUT2D eigenvalue weighted by Crippen LogP contribution is -2.28. The van der Waals surface area contributed by atoms with Gasteiger partial charge in [0.05, 0.1) is 17.3 Å². The van der Waals surface area contributed by atoms with Crippen LogP contribution in [0, 0.1) is 5.92 Å².